The van der Waals surface area contributed by atoms with Crippen LogP contribution in [0.1, 0.15) is 17.9 Å². The first-order valence-corrected chi connectivity index (χ1v) is 12.5. The number of amides is 1. The van der Waals surface area contributed by atoms with Gasteiger partial charge in [-0.2, -0.15) is 0 Å². The quantitative estimate of drug-likeness (QED) is 0.486. The van der Waals surface area contributed by atoms with Gasteiger partial charge >= 0.3 is 0 Å². The first kappa shape index (κ1) is 19.5. The van der Waals surface area contributed by atoms with E-state index in [2.05, 4.69) is 15.0 Å². The molecular formula is C21H18N4O2S3. The molecule has 5 heterocycles. The van der Waals surface area contributed by atoms with E-state index in [9.17, 15) is 9.59 Å². The maximum Gasteiger partial charge on any atom is 0.260 e. The average Bonchev–Trinajstić information content (AvgIpc) is 3.43. The number of nitrogens with zero attached hydrogens (tertiary/aromatic N) is 3. The Kier molecular flexibility index (Phi) is 5.41. The second-order valence-corrected chi connectivity index (χ2v) is 9.72. The Hall–Kier alpha value is -2.49. The van der Waals surface area contributed by atoms with Crippen LogP contribution in [0.25, 0.3) is 20.7 Å². The summed E-state index contributed by atoms with van der Waals surface area (Å²) in [5.41, 5.74) is 2.72. The molecule has 1 N–H and O–H groups in total. The highest BCUT2D eigenvalue weighted by molar-refractivity contribution is 7.99. The zero-order valence-electron chi connectivity index (χ0n) is 16.0. The summed E-state index contributed by atoms with van der Waals surface area (Å²) in [5, 5.41) is 4.63. The van der Waals surface area contributed by atoms with Crippen molar-refractivity contribution >= 4 is 56.2 Å². The van der Waals surface area contributed by atoms with Crippen molar-refractivity contribution < 1.29 is 4.79 Å². The van der Waals surface area contributed by atoms with Gasteiger partial charge in [-0.3, -0.25) is 14.6 Å². The highest BCUT2D eigenvalue weighted by Crippen LogP contribution is 2.33. The molecule has 30 heavy (non-hydrogen) atoms. The fraction of sp³-hybridized carbons (Fsp3) is 0.238. The van der Waals surface area contributed by atoms with Gasteiger partial charge in [0.15, 0.2) is 0 Å². The topological polar surface area (TPSA) is 79.0 Å². The number of thiophene rings is 2. The van der Waals surface area contributed by atoms with Gasteiger partial charge < -0.3 is 9.88 Å². The molecule has 0 aromatic carbocycles. The molecule has 0 atom stereocenters. The Bertz CT molecular complexity index is 1260. The van der Waals surface area contributed by atoms with E-state index in [4.69, 9.17) is 0 Å². The van der Waals surface area contributed by atoms with Crippen molar-refractivity contribution in [3.63, 3.8) is 0 Å². The molecule has 1 aliphatic rings. The number of carbonyl (C=O) groups excluding carboxylic acids is 1. The molecule has 0 unspecified atom stereocenters. The fourth-order valence-electron chi connectivity index (χ4n) is 3.64. The van der Waals surface area contributed by atoms with Gasteiger partial charge in [-0.25, -0.2) is 4.98 Å². The predicted molar refractivity (Wildman–Crippen MR) is 125 cm³/mol. The Balaban J connectivity index is 1.28. The molecule has 4 aromatic heterocycles. The van der Waals surface area contributed by atoms with E-state index in [1.807, 2.05) is 39.9 Å². The molecule has 0 saturated heterocycles. The third-order valence-corrected chi connectivity index (χ3v) is 7.70. The molecule has 0 radical (unpaired) electrons. The smallest absolute Gasteiger partial charge is 0.260 e. The van der Waals surface area contributed by atoms with Crippen molar-refractivity contribution in [3.05, 3.63) is 63.1 Å². The zero-order valence-corrected chi connectivity index (χ0v) is 18.4. The maximum absolute atomic E-state index is 12.8. The SMILES string of the molecule is O=C(CSCc1nc2scc(-c3cccs3)c2c(=O)[nH]1)N1CCCc2ncccc21. The van der Waals surface area contributed by atoms with Gasteiger partial charge in [-0.1, -0.05) is 6.07 Å². The van der Waals surface area contributed by atoms with Crippen LogP contribution in [-0.4, -0.2) is 33.2 Å². The van der Waals surface area contributed by atoms with Crippen LogP contribution in [0.5, 0.6) is 0 Å². The summed E-state index contributed by atoms with van der Waals surface area (Å²) in [6, 6.07) is 7.81. The van der Waals surface area contributed by atoms with Gasteiger partial charge in [0.25, 0.3) is 5.56 Å². The molecule has 1 amide bonds. The van der Waals surface area contributed by atoms with Crippen molar-refractivity contribution in [1.29, 1.82) is 0 Å². The third-order valence-electron chi connectivity index (χ3n) is 5.00. The summed E-state index contributed by atoms with van der Waals surface area (Å²) in [5.74, 6) is 1.48. The number of aryl methyl sites for hydroxylation is 1. The zero-order chi connectivity index (χ0) is 20.5. The lowest BCUT2D eigenvalue weighted by molar-refractivity contribution is -0.116. The number of hydrogen-bond donors (Lipinski definition) is 1. The standard InChI is InChI=1S/C21H18N4O2S3/c26-18(25-8-2-4-14-15(25)5-1-7-22-14)12-28-11-17-23-20(27)19-13(10-30-21(19)24-17)16-6-3-9-29-16/h1,3,5-7,9-10H,2,4,8,11-12H2,(H,23,24,27). The Morgan fingerprint density at radius 2 is 2.20 bits per heavy atom. The van der Waals surface area contributed by atoms with E-state index in [1.54, 1.807) is 17.5 Å². The van der Waals surface area contributed by atoms with E-state index >= 15 is 0 Å². The molecule has 0 aliphatic carbocycles. The largest absolute Gasteiger partial charge is 0.310 e. The van der Waals surface area contributed by atoms with Gasteiger partial charge in [-0.05, 0) is 36.4 Å². The normalized spacial score (nSPS) is 13.5. The minimum absolute atomic E-state index is 0.0634. The molecular weight excluding hydrogens is 436 g/mol. The van der Waals surface area contributed by atoms with E-state index < -0.39 is 0 Å². The highest BCUT2D eigenvalue weighted by atomic mass is 32.2. The number of pyridine rings is 1. The first-order valence-electron chi connectivity index (χ1n) is 9.57. The summed E-state index contributed by atoms with van der Waals surface area (Å²) in [7, 11) is 0. The molecule has 6 nitrogen and oxygen atoms in total. The monoisotopic (exact) mass is 454 g/mol. The van der Waals surface area contributed by atoms with Gasteiger partial charge in [0.2, 0.25) is 5.91 Å². The molecule has 152 valence electrons. The molecule has 4 aromatic rings. The lowest BCUT2D eigenvalue weighted by Crippen LogP contribution is -2.37. The van der Waals surface area contributed by atoms with Crippen LogP contribution >= 0.6 is 34.4 Å². The fourth-order valence-corrected chi connectivity index (χ4v) is 6.18. The molecule has 0 fully saturated rings. The number of rotatable bonds is 5. The minimum Gasteiger partial charge on any atom is -0.310 e. The van der Waals surface area contributed by atoms with Crippen molar-refractivity contribution in [2.75, 3.05) is 17.2 Å². The number of aromatic nitrogens is 3. The summed E-state index contributed by atoms with van der Waals surface area (Å²) < 4.78 is 0. The van der Waals surface area contributed by atoms with E-state index in [-0.39, 0.29) is 11.5 Å². The summed E-state index contributed by atoms with van der Waals surface area (Å²) >= 11 is 4.56. The number of thioether (sulfide) groups is 1. The lowest BCUT2D eigenvalue weighted by atomic mass is 10.1. The third kappa shape index (κ3) is 3.68. The average molecular weight is 455 g/mol. The number of anilines is 1. The van der Waals surface area contributed by atoms with E-state index in [1.165, 1.54) is 23.1 Å². The molecule has 0 saturated carbocycles. The molecule has 0 bridgehead atoms. The number of carbonyl (C=O) groups is 1. The number of aromatic amines is 1. The van der Waals surface area contributed by atoms with Crippen LogP contribution in [0.3, 0.4) is 0 Å². The Morgan fingerprint density at radius 1 is 1.27 bits per heavy atom. The molecule has 9 heteroatoms. The Labute approximate surface area is 185 Å². The highest BCUT2D eigenvalue weighted by Gasteiger charge is 2.23. The maximum atomic E-state index is 12.8. The second kappa shape index (κ2) is 8.33. The summed E-state index contributed by atoms with van der Waals surface area (Å²) in [6.45, 7) is 0.722. The van der Waals surface area contributed by atoms with Crippen LogP contribution in [-0.2, 0) is 17.0 Å². The van der Waals surface area contributed by atoms with Crippen molar-refractivity contribution in [2.45, 2.75) is 18.6 Å². The number of H-pyrrole nitrogens is 1. The van der Waals surface area contributed by atoms with Gasteiger partial charge in [0, 0.05) is 28.6 Å². The van der Waals surface area contributed by atoms with Crippen LogP contribution in [0.2, 0.25) is 0 Å². The number of hydrogen-bond acceptors (Lipinski definition) is 7. The number of nitrogens with one attached hydrogen (secondary N) is 1. The lowest BCUT2D eigenvalue weighted by Gasteiger charge is -2.28. The van der Waals surface area contributed by atoms with Crippen molar-refractivity contribution in [2.24, 2.45) is 0 Å². The van der Waals surface area contributed by atoms with Crippen LogP contribution in [0.15, 0.2) is 46.0 Å². The first-order chi connectivity index (χ1) is 14.7. The minimum atomic E-state index is -0.123. The molecule has 5 rings (SSSR count). The summed E-state index contributed by atoms with van der Waals surface area (Å²) in [6.07, 6.45) is 3.61. The van der Waals surface area contributed by atoms with Gasteiger partial charge in [0.05, 0.1) is 28.3 Å². The van der Waals surface area contributed by atoms with Crippen LogP contribution in [0, 0.1) is 0 Å². The van der Waals surface area contributed by atoms with E-state index in [0.29, 0.717) is 22.7 Å². The van der Waals surface area contributed by atoms with E-state index in [0.717, 1.165) is 46.0 Å². The van der Waals surface area contributed by atoms with Crippen molar-refractivity contribution in [3.8, 4) is 10.4 Å². The Morgan fingerprint density at radius 3 is 3.07 bits per heavy atom. The number of fused-ring (bicyclic) bond motifs is 2. The molecule has 1 aliphatic heterocycles. The molecule has 0 spiro atoms. The summed E-state index contributed by atoms with van der Waals surface area (Å²) in [4.78, 5) is 41.0. The van der Waals surface area contributed by atoms with Crippen LogP contribution < -0.4 is 10.5 Å². The van der Waals surface area contributed by atoms with Gasteiger partial charge in [0.1, 0.15) is 10.7 Å². The second-order valence-electron chi connectivity index (χ2n) is 6.93. The van der Waals surface area contributed by atoms with Crippen molar-refractivity contribution in [1.82, 2.24) is 15.0 Å². The predicted octanol–water partition coefficient (Wildman–Crippen LogP) is 4.32. The van der Waals surface area contributed by atoms with Gasteiger partial charge in [-0.15, -0.1) is 34.4 Å². The van der Waals surface area contributed by atoms with Crippen LogP contribution in [0.4, 0.5) is 5.69 Å².